The zero-order valence-electron chi connectivity index (χ0n) is 10.1. The topological polar surface area (TPSA) is 68.5 Å². The van der Waals surface area contributed by atoms with E-state index in [4.69, 9.17) is 5.53 Å². The number of nitrogens with zero attached hydrogens (tertiary/aromatic N) is 1. The molecule has 0 aromatic rings. The average Bonchev–Trinajstić information content (AvgIpc) is 2.15. The molecule has 0 spiro atoms. The Bertz CT molecular complexity index is 212. The lowest BCUT2D eigenvalue weighted by Crippen LogP contribution is -2.17. The van der Waals surface area contributed by atoms with Crippen LogP contribution in [-0.2, 0) is 0 Å². The van der Waals surface area contributed by atoms with Crippen LogP contribution in [0, 0.1) is 17.4 Å². The molecule has 0 heterocycles. The minimum absolute atomic E-state index is 0.195. The van der Waals surface area contributed by atoms with Gasteiger partial charge in [-0.15, -0.1) is 0 Å². The van der Waals surface area contributed by atoms with E-state index in [-0.39, 0.29) is 5.92 Å². The summed E-state index contributed by atoms with van der Waals surface area (Å²) in [5.41, 5.74) is 7.58. The van der Waals surface area contributed by atoms with Crippen molar-refractivity contribution < 1.29 is 5.11 Å². The predicted octanol–water partition coefficient (Wildman–Crippen LogP) is 2.51. The van der Waals surface area contributed by atoms with Crippen LogP contribution in [0.15, 0.2) is 17.0 Å². The van der Waals surface area contributed by atoms with Crippen LogP contribution in [0.2, 0.25) is 0 Å². The van der Waals surface area contributed by atoms with Crippen LogP contribution in [0.1, 0.15) is 34.1 Å². The molecular weight excluding hydrogens is 190 g/mol. The van der Waals surface area contributed by atoms with Gasteiger partial charge in [0.25, 0.3) is 0 Å². The molecule has 0 bridgehead atoms. The van der Waals surface area contributed by atoms with Crippen LogP contribution in [0.3, 0.4) is 0 Å². The Morgan fingerprint density at radius 1 is 1.40 bits per heavy atom. The molecule has 88 valence electrons. The highest BCUT2D eigenvalue weighted by Crippen LogP contribution is 2.12. The molecule has 0 aliphatic carbocycles. The molecule has 1 atom stereocenters. The maximum atomic E-state index is 9.62. The summed E-state index contributed by atoms with van der Waals surface area (Å²) in [6, 6.07) is 0. The molecule has 0 rings (SSSR count). The molecule has 0 saturated heterocycles. The summed E-state index contributed by atoms with van der Waals surface area (Å²) in [5.74, 6) is 0.753. The van der Waals surface area contributed by atoms with Crippen LogP contribution in [0.5, 0.6) is 0 Å². The molecule has 1 unspecified atom stereocenters. The molecule has 0 saturated carbocycles. The summed E-state index contributed by atoms with van der Waals surface area (Å²) in [6.07, 6.45) is 1.73. The van der Waals surface area contributed by atoms with Gasteiger partial charge in [0.2, 0.25) is 0 Å². The van der Waals surface area contributed by atoms with Crippen molar-refractivity contribution >= 4 is 0 Å². The largest absolute Gasteiger partial charge is 0.392 e. The Kier molecular flexibility index (Phi) is 6.96. The van der Waals surface area contributed by atoms with Crippen molar-refractivity contribution in [2.24, 2.45) is 17.0 Å². The second kappa shape index (κ2) is 7.40. The van der Waals surface area contributed by atoms with E-state index in [1.807, 2.05) is 13.8 Å². The molecule has 0 radical (unpaired) electrons. The number of hydrogen-bond donors (Lipinski definition) is 3. The van der Waals surface area contributed by atoms with Crippen molar-refractivity contribution in [2.75, 3.05) is 6.54 Å². The summed E-state index contributed by atoms with van der Waals surface area (Å²) in [5, 5.41) is 16.1. The zero-order valence-corrected chi connectivity index (χ0v) is 10.1. The van der Waals surface area contributed by atoms with E-state index in [9.17, 15) is 5.11 Å². The van der Waals surface area contributed by atoms with Crippen LogP contribution >= 0.6 is 0 Å². The highest BCUT2D eigenvalue weighted by atomic mass is 16.3. The molecule has 0 fully saturated rings. The van der Waals surface area contributed by atoms with E-state index in [0.29, 0.717) is 18.0 Å². The molecule has 0 aliphatic heterocycles. The Morgan fingerprint density at radius 2 is 2.00 bits per heavy atom. The van der Waals surface area contributed by atoms with Gasteiger partial charge >= 0.3 is 0 Å². The highest BCUT2D eigenvalue weighted by Gasteiger charge is 2.11. The lowest BCUT2D eigenvalue weighted by molar-refractivity contribution is 0.125. The van der Waals surface area contributed by atoms with Crippen LogP contribution < -0.4 is 5.32 Å². The summed E-state index contributed by atoms with van der Waals surface area (Å²) in [4.78, 5) is 0. The summed E-state index contributed by atoms with van der Waals surface area (Å²) >= 11 is 0. The highest BCUT2D eigenvalue weighted by molar-refractivity contribution is 4.99. The first-order chi connectivity index (χ1) is 6.97. The predicted molar refractivity (Wildman–Crippen MR) is 61.5 cm³/mol. The normalized spacial score (nSPS) is 14.5. The molecule has 0 aliphatic rings. The molecule has 15 heavy (non-hydrogen) atoms. The van der Waals surface area contributed by atoms with Crippen molar-refractivity contribution in [1.29, 1.82) is 5.53 Å². The first kappa shape index (κ1) is 14.1. The van der Waals surface area contributed by atoms with Crippen LogP contribution in [0.25, 0.3) is 0 Å². The van der Waals surface area contributed by atoms with Crippen LogP contribution in [-0.4, -0.2) is 17.8 Å². The van der Waals surface area contributed by atoms with Gasteiger partial charge in [0.1, 0.15) is 0 Å². The minimum atomic E-state index is -0.425. The first-order valence-corrected chi connectivity index (χ1v) is 5.45. The van der Waals surface area contributed by atoms with E-state index in [2.05, 4.69) is 24.3 Å². The Morgan fingerprint density at radius 3 is 2.40 bits per heavy atom. The maximum absolute atomic E-state index is 9.62. The smallest absolute Gasteiger partial charge is 0.0805 e. The van der Waals surface area contributed by atoms with Gasteiger partial charge in [0.15, 0.2) is 0 Å². The molecule has 0 aromatic carbocycles. The van der Waals surface area contributed by atoms with Gasteiger partial charge in [-0.05, 0) is 11.8 Å². The van der Waals surface area contributed by atoms with Crippen molar-refractivity contribution in [1.82, 2.24) is 5.32 Å². The van der Waals surface area contributed by atoms with Gasteiger partial charge in [-0.1, -0.05) is 27.7 Å². The lowest BCUT2D eigenvalue weighted by atomic mass is 10.0. The fourth-order valence-corrected chi connectivity index (χ4v) is 0.999. The second-order valence-corrected chi connectivity index (χ2v) is 4.57. The van der Waals surface area contributed by atoms with Gasteiger partial charge in [0, 0.05) is 19.2 Å². The quantitative estimate of drug-likeness (QED) is 0.569. The van der Waals surface area contributed by atoms with Gasteiger partial charge in [-0.3, -0.25) is 0 Å². The molecule has 0 aromatic heterocycles. The molecular formula is C11H23N3O. The van der Waals surface area contributed by atoms with E-state index in [1.54, 1.807) is 6.20 Å². The summed E-state index contributed by atoms with van der Waals surface area (Å²) < 4.78 is 0. The molecule has 4 heteroatoms. The molecule has 3 N–H and O–H groups in total. The lowest BCUT2D eigenvalue weighted by Gasteiger charge is -2.14. The van der Waals surface area contributed by atoms with E-state index < -0.39 is 6.10 Å². The third-order valence-corrected chi connectivity index (χ3v) is 2.13. The minimum Gasteiger partial charge on any atom is -0.392 e. The summed E-state index contributed by atoms with van der Waals surface area (Å²) in [7, 11) is 0. The van der Waals surface area contributed by atoms with Crippen molar-refractivity contribution in [3.63, 3.8) is 0 Å². The number of rotatable bonds is 7. The Labute approximate surface area is 92.3 Å². The summed E-state index contributed by atoms with van der Waals surface area (Å²) in [6.45, 7) is 8.99. The standard InChI is InChI=1S/C11H23N3O/c1-8(2)6-13-7-10(14-12)5-11(15)9(3)4/h7-9,11-13,15H,5-6H2,1-4H3/b10-7-,14-12?. The first-order valence-electron chi connectivity index (χ1n) is 5.45. The third-order valence-electron chi connectivity index (χ3n) is 2.13. The van der Waals surface area contributed by atoms with Gasteiger partial charge < -0.3 is 10.4 Å². The fraction of sp³-hybridized carbons (Fsp3) is 0.818. The van der Waals surface area contributed by atoms with Crippen LogP contribution in [0.4, 0.5) is 0 Å². The maximum Gasteiger partial charge on any atom is 0.0805 e. The molecule has 4 nitrogen and oxygen atoms in total. The molecule has 0 amide bonds. The number of hydrogen-bond acceptors (Lipinski definition) is 4. The Hall–Kier alpha value is -0.900. The van der Waals surface area contributed by atoms with Crippen molar-refractivity contribution in [3.8, 4) is 0 Å². The monoisotopic (exact) mass is 213 g/mol. The SMILES string of the molecule is CC(C)CN/C=C(/CC(O)C(C)C)N=N. The van der Waals surface area contributed by atoms with E-state index in [0.717, 1.165) is 6.54 Å². The Balaban J connectivity index is 4.06. The van der Waals surface area contributed by atoms with E-state index in [1.165, 1.54) is 0 Å². The van der Waals surface area contributed by atoms with Crippen molar-refractivity contribution in [2.45, 2.75) is 40.2 Å². The number of nitrogens with one attached hydrogen (secondary N) is 2. The fourth-order valence-electron chi connectivity index (χ4n) is 0.999. The third kappa shape index (κ3) is 7.08. The van der Waals surface area contributed by atoms with Gasteiger partial charge in [-0.25, -0.2) is 5.53 Å². The number of aliphatic hydroxyl groups is 1. The van der Waals surface area contributed by atoms with Crippen molar-refractivity contribution in [3.05, 3.63) is 11.9 Å². The zero-order chi connectivity index (χ0) is 11.8. The average molecular weight is 213 g/mol. The van der Waals surface area contributed by atoms with E-state index >= 15 is 0 Å². The van der Waals surface area contributed by atoms with Gasteiger partial charge in [0.05, 0.1) is 11.8 Å². The second-order valence-electron chi connectivity index (χ2n) is 4.57. The number of aliphatic hydroxyl groups excluding tert-OH is 1. The van der Waals surface area contributed by atoms with Gasteiger partial charge in [-0.2, -0.15) is 5.11 Å².